The van der Waals surface area contributed by atoms with Gasteiger partial charge in [0.1, 0.15) is 5.82 Å². The van der Waals surface area contributed by atoms with E-state index in [0.29, 0.717) is 17.7 Å². The minimum absolute atomic E-state index is 0.361. The molecule has 96 valence electrons. The maximum absolute atomic E-state index is 10.6. The summed E-state index contributed by atoms with van der Waals surface area (Å²) in [5, 5.41) is 0. The molecule has 2 fully saturated rings. The van der Waals surface area contributed by atoms with Gasteiger partial charge in [0.25, 0.3) is 0 Å². The molecule has 18 heavy (non-hydrogen) atoms. The van der Waals surface area contributed by atoms with Gasteiger partial charge in [-0.3, -0.25) is 4.79 Å². The number of anilines is 1. The number of hydrogen-bond acceptors (Lipinski definition) is 4. The summed E-state index contributed by atoms with van der Waals surface area (Å²) in [7, 11) is 0. The smallest absolute Gasteiger partial charge is 0.151 e. The summed E-state index contributed by atoms with van der Waals surface area (Å²) in [6.45, 7) is 1.67. The zero-order valence-corrected chi connectivity index (χ0v) is 10.4. The second kappa shape index (κ2) is 5.06. The number of aromatic nitrogens is 1. The minimum Gasteiger partial charge on any atom is -0.374 e. The van der Waals surface area contributed by atoms with Crippen LogP contribution in [0.5, 0.6) is 0 Å². The van der Waals surface area contributed by atoms with Crippen molar-refractivity contribution in [1.29, 1.82) is 0 Å². The second-order valence-corrected chi connectivity index (χ2v) is 5.02. The van der Waals surface area contributed by atoms with E-state index in [4.69, 9.17) is 4.74 Å². The molecule has 1 saturated carbocycles. The van der Waals surface area contributed by atoms with Crippen LogP contribution in [-0.2, 0) is 4.74 Å². The first kappa shape index (κ1) is 11.7. The highest BCUT2D eigenvalue weighted by atomic mass is 16.5. The van der Waals surface area contributed by atoms with Crippen LogP contribution in [0.25, 0.3) is 0 Å². The lowest BCUT2D eigenvalue weighted by atomic mass is 9.90. The van der Waals surface area contributed by atoms with E-state index in [0.717, 1.165) is 31.7 Å². The predicted molar refractivity (Wildman–Crippen MR) is 69.0 cm³/mol. The molecular formula is C14H18N2O2. The van der Waals surface area contributed by atoms with E-state index in [1.807, 2.05) is 12.1 Å². The molecule has 0 radical (unpaired) electrons. The van der Waals surface area contributed by atoms with Gasteiger partial charge in [0, 0.05) is 18.3 Å². The molecule has 1 saturated heterocycles. The van der Waals surface area contributed by atoms with Crippen molar-refractivity contribution in [3.8, 4) is 0 Å². The highest BCUT2D eigenvalue weighted by Crippen LogP contribution is 2.30. The summed E-state index contributed by atoms with van der Waals surface area (Å²) < 4.78 is 5.85. The average molecular weight is 246 g/mol. The molecule has 1 aromatic heterocycles. The fourth-order valence-corrected chi connectivity index (χ4v) is 3.02. The molecule has 2 aliphatic rings. The Hall–Kier alpha value is -1.42. The van der Waals surface area contributed by atoms with E-state index in [1.165, 1.54) is 19.3 Å². The molecule has 0 spiro atoms. The number of aldehydes is 1. The summed E-state index contributed by atoms with van der Waals surface area (Å²) in [5.41, 5.74) is 0.632. The van der Waals surface area contributed by atoms with Crippen molar-refractivity contribution in [1.82, 2.24) is 4.98 Å². The van der Waals surface area contributed by atoms with E-state index in [-0.39, 0.29) is 0 Å². The normalized spacial score (nSPS) is 27.7. The van der Waals surface area contributed by atoms with E-state index in [1.54, 1.807) is 6.20 Å². The molecule has 1 aliphatic heterocycles. The Balaban J connectivity index is 1.82. The Bertz CT molecular complexity index is 416. The SMILES string of the molecule is O=Cc1ccc(N2CCOC3CCCCC32)nc1. The molecule has 0 N–H and O–H groups in total. The fourth-order valence-electron chi connectivity index (χ4n) is 3.02. The number of morpholine rings is 1. The molecular weight excluding hydrogens is 228 g/mol. The Kier molecular flexibility index (Phi) is 3.28. The lowest BCUT2D eigenvalue weighted by molar-refractivity contribution is -0.00898. The second-order valence-electron chi connectivity index (χ2n) is 5.02. The maximum atomic E-state index is 10.6. The standard InChI is InChI=1S/C14H18N2O2/c17-10-11-5-6-14(15-9-11)16-7-8-18-13-4-2-1-3-12(13)16/h5-6,9-10,12-13H,1-4,7-8H2. The first-order chi connectivity index (χ1) is 8.88. The number of fused-ring (bicyclic) bond motifs is 1. The van der Waals surface area contributed by atoms with Crippen LogP contribution in [0.3, 0.4) is 0 Å². The summed E-state index contributed by atoms with van der Waals surface area (Å²) in [6, 6.07) is 4.24. The molecule has 0 bridgehead atoms. The Morgan fingerprint density at radius 1 is 1.33 bits per heavy atom. The Labute approximate surface area is 107 Å². The molecule has 2 unspecified atom stereocenters. The lowest BCUT2D eigenvalue weighted by Gasteiger charge is -2.44. The predicted octanol–water partition coefficient (Wildman–Crippen LogP) is 2.04. The van der Waals surface area contributed by atoms with Crippen LogP contribution in [-0.4, -0.2) is 36.6 Å². The van der Waals surface area contributed by atoms with Gasteiger partial charge in [0.15, 0.2) is 6.29 Å². The van der Waals surface area contributed by atoms with Crippen LogP contribution >= 0.6 is 0 Å². The molecule has 1 aromatic rings. The monoisotopic (exact) mass is 246 g/mol. The number of nitrogens with zero attached hydrogens (tertiary/aromatic N) is 2. The number of pyridine rings is 1. The molecule has 4 heteroatoms. The van der Waals surface area contributed by atoms with Gasteiger partial charge in [0.05, 0.1) is 18.8 Å². The van der Waals surface area contributed by atoms with E-state index < -0.39 is 0 Å². The highest BCUT2D eigenvalue weighted by molar-refractivity contribution is 5.74. The molecule has 1 aliphatic carbocycles. The third-order valence-electron chi connectivity index (χ3n) is 3.93. The van der Waals surface area contributed by atoms with Crippen molar-refractivity contribution in [2.24, 2.45) is 0 Å². The van der Waals surface area contributed by atoms with E-state index in [2.05, 4.69) is 9.88 Å². The molecule has 0 amide bonds. The quantitative estimate of drug-likeness (QED) is 0.749. The Morgan fingerprint density at radius 3 is 3.00 bits per heavy atom. The fraction of sp³-hybridized carbons (Fsp3) is 0.571. The minimum atomic E-state index is 0.361. The van der Waals surface area contributed by atoms with Gasteiger partial charge in [-0.2, -0.15) is 0 Å². The molecule has 0 aromatic carbocycles. The van der Waals surface area contributed by atoms with Gasteiger partial charge in [-0.25, -0.2) is 4.98 Å². The van der Waals surface area contributed by atoms with Gasteiger partial charge in [-0.05, 0) is 25.0 Å². The van der Waals surface area contributed by atoms with Gasteiger partial charge in [-0.15, -0.1) is 0 Å². The van der Waals surface area contributed by atoms with Crippen molar-refractivity contribution in [2.75, 3.05) is 18.1 Å². The van der Waals surface area contributed by atoms with Crippen LogP contribution in [0.2, 0.25) is 0 Å². The summed E-state index contributed by atoms with van der Waals surface area (Å²) in [4.78, 5) is 17.4. The summed E-state index contributed by atoms with van der Waals surface area (Å²) >= 11 is 0. The first-order valence-corrected chi connectivity index (χ1v) is 6.68. The number of hydrogen-bond donors (Lipinski definition) is 0. The maximum Gasteiger partial charge on any atom is 0.151 e. The number of carbonyl (C=O) groups is 1. The number of ether oxygens (including phenoxy) is 1. The van der Waals surface area contributed by atoms with Crippen LogP contribution in [0, 0.1) is 0 Å². The van der Waals surface area contributed by atoms with Crippen molar-refractivity contribution >= 4 is 12.1 Å². The third kappa shape index (κ3) is 2.12. The molecule has 2 heterocycles. The van der Waals surface area contributed by atoms with Crippen LogP contribution in [0.15, 0.2) is 18.3 Å². The van der Waals surface area contributed by atoms with Crippen molar-refractivity contribution in [3.05, 3.63) is 23.9 Å². The molecule has 3 rings (SSSR count). The number of rotatable bonds is 2. The summed E-state index contributed by atoms with van der Waals surface area (Å²) in [6.07, 6.45) is 7.73. The number of carbonyl (C=O) groups excluding carboxylic acids is 1. The van der Waals surface area contributed by atoms with Crippen molar-refractivity contribution in [2.45, 2.75) is 37.8 Å². The van der Waals surface area contributed by atoms with Gasteiger partial charge >= 0.3 is 0 Å². The topological polar surface area (TPSA) is 42.4 Å². The lowest BCUT2D eigenvalue weighted by Crippen LogP contribution is -2.53. The van der Waals surface area contributed by atoms with Crippen LogP contribution in [0.4, 0.5) is 5.82 Å². The Morgan fingerprint density at radius 2 is 2.22 bits per heavy atom. The van der Waals surface area contributed by atoms with Gasteiger partial charge in [-0.1, -0.05) is 12.8 Å². The zero-order chi connectivity index (χ0) is 12.4. The third-order valence-corrected chi connectivity index (χ3v) is 3.93. The average Bonchev–Trinajstić information content (AvgIpc) is 2.47. The largest absolute Gasteiger partial charge is 0.374 e. The molecule has 2 atom stereocenters. The van der Waals surface area contributed by atoms with E-state index >= 15 is 0 Å². The van der Waals surface area contributed by atoms with E-state index in [9.17, 15) is 4.79 Å². The van der Waals surface area contributed by atoms with Gasteiger partial charge in [0.2, 0.25) is 0 Å². The zero-order valence-electron chi connectivity index (χ0n) is 10.4. The first-order valence-electron chi connectivity index (χ1n) is 6.68. The summed E-state index contributed by atoms with van der Waals surface area (Å²) in [5.74, 6) is 0.973. The van der Waals surface area contributed by atoms with Crippen molar-refractivity contribution < 1.29 is 9.53 Å². The van der Waals surface area contributed by atoms with Crippen molar-refractivity contribution in [3.63, 3.8) is 0 Å². The van der Waals surface area contributed by atoms with Crippen LogP contribution in [0.1, 0.15) is 36.0 Å². The van der Waals surface area contributed by atoms with Gasteiger partial charge < -0.3 is 9.64 Å². The highest BCUT2D eigenvalue weighted by Gasteiger charge is 2.34. The van der Waals surface area contributed by atoms with Crippen LogP contribution < -0.4 is 4.90 Å². The molecule has 4 nitrogen and oxygen atoms in total.